The molecule has 1 aromatic rings. The number of methoxy groups -OCH3 is 1. The smallest absolute Gasteiger partial charge is 0.163 e. The van der Waals surface area contributed by atoms with E-state index >= 15 is 0 Å². The van der Waals surface area contributed by atoms with Gasteiger partial charge in [0.2, 0.25) is 0 Å². The Morgan fingerprint density at radius 2 is 2.06 bits per heavy atom. The summed E-state index contributed by atoms with van der Waals surface area (Å²) >= 11 is 3.50. The first-order valence-electron chi connectivity index (χ1n) is 5.20. The number of ether oxygens (including phenoxy) is 1. The van der Waals surface area contributed by atoms with Crippen LogP contribution in [0, 0.1) is 0 Å². The maximum atomic E-state index is 10.1. The van der Waals surface area contributed by atoms with E-state index in [1.54, 1.807) is 0 Å². The highest BCUT2D eigenvalue weighted by molar-refractivity contribution is 9.10. The van der Waals surface area contributed by atoms with Crippen molar-refractivity contribution in [3.8, 4) is 11.5 Å². The van der Waals surface area contributed by atoms with E-state index in [1.807, 2.05) is 26.8 Å². The molecule has 3 nitrogen and oxygen atoms in total. The van der Waals surface area contributed by atoms with Crippen LogP contribution < -0.4 is 10.5 Å². The van der Waals surface area contributed by atoms with Gasteiger partial charge in [0, 0.05) is 15.6 Å². The van der Waals surface area contributed by atoms with Gasteiger partial charge in [-0.25, -0.2) is 0 Å². The zero-order valence-electron chi connectivity index (χ0n) is 10.1. The predicted octanol–water partition coefficient (Wildman–Crippen LogP) is 2.92. The average Bonchev–Trinajstić information content (AvgIpc) is 2.16. The molecule has 1 aromatic carbocycles. The molecule has 0 radical (unpaired) electrons. The molecule has 0 atom stereocenters. The number of phenols is 1. The number of phenolic OH excluding ortho intramolecular Hbond substituents is 1. The lowest BCUT2D eigenvalue weighted by Gasteiger charge is -2.25. The van der Waals surface area contributed by atoms with E-state index in [0.717, 1.165) is 16.5 Å². The van der Waals surface area contributed by atoms with Crippen molar-refractivity contribution in [1.29, 1.82) is 0 Å². The van der Waals surface area contributed by atoms with Gasteiger partial charge >= 0.3 is 0 Å². The van der Waals surface area contributed by atoms with Gasteiger partial charge in [-0.2, -0.15) is 0 Å². The SMILES string of the molecule is CCc1cc(OC)c(O)c(C(C)(C)N)c1Br. The number of nitrogens with two attached hydrogens (primary N) is 1. The van der Waals surface area contributed by atoms with Gasteiger partial charge in [0.1, 0.15) is 0 Å². The first kappa shape index (κ1) is 13.3. The number of benzene rings is 1. The minimum Gasteiger partial charge on any atom is -0.504 e. The second-order valence-electron chi connectivity index (χ2n) is 4.35. The van der Waals surface area contributed by atoms with E-state index in [1.165, 1.54) is 7.11 Å². The van der Waals surface area contributed by atoms with Gasteiger partial charge in [0.25, 0.3) is 0 Å². The molecule has 0 aliphatic heterocycles. The van der Waals surface area contributed by atoms with Crippen LogP contribution in [0.3, 0.4) is 0 Å². The van der Waals surface area contributed by atoms with Crippen LogP contribution in [0.25, 0.3) is 0 Å². The molecule has 90 valence electrons. The highest BCUT2D eigenvalue weighted by Crippen LogP contribution is 2.42. The second-order valence-corrected chi connectivity index (χ2v) is 5.14. The molecule has 0 amide bonds. The molecule has 0 heterocycles. The van der Waals surface area contributed by atoms with Crippen LogP contribution in [-0.4, -0.2) is 12.2 Å². The summed E-state index contributed by atoms with van der Waals surface area (Å²) in [6, 6.07) is 1.83. The molecule has 0 aliphatic carbocycles. The Balaban J connectivity index is 3.56. The highest BCUT2D eigenvalue weighted by Gasteiger charge is 2.26. The number of halogens is 1. The van der Waals surface area contributed by atoms with Crippen LogP contribution in [0.15, 0.2) is 10.5 Å². The lowest BCUT2D eigenvalue weighted by Crippen LogP contribution is -2.29. The van der Waals surface area contributed by atoms with Crippen molar-refractivity contribution in [2.45, 2.75) is 32.7 Å². The van der Waals surface area contributed by atoms with E-state index in [4.69, 9.17) is 10.5 Å². The van der Waals surface area contributed by atoms with Crippen LogP contribution >= 0.6 is 15.9 Å². The van der Waals surface area contributed by atoms with Crippen molar-refractivity contribution in [3.05, 3.63) is 21.7 Å². The molecule has 0 saturated carbocycles. The van der Waals surface area contributed by atoms with Crippen molar-refractivity contribution in [2.75, 3.05) is 7.11 Å². The summed E-state index contributed by atoms with van der Waals surface area (Å²) in [6.07, 6.45) is 0.848. The van der Waals surface area contributed by atoms with Gasteiger partial charge in [0.05, 0.1) is 7.11 Å². The Morgan fingerprint density at radius 1 is 1.50 bits per heavy atom. The van der Waals surface area contributed by atoms with Gasteiger partial charge in [-0.1, -0.05) is 22.9 Å². The zero-order valence-corrected chi connectivity index (χ0v) is 11.7. The first-order valence-corrected chi connectivity index (χ1v) is 5.99. The molecule has 3 N–H and O–H groups in total. The Labute approximate surface area is 105 Å². The summed E-state index contributed by atoms with van der Waals surface area (Å²) in [5.41, 5.74) is 7.19. The molecular formula is C12H18BrNO2. The van der Waals surface area contributed by atoms with Crippen molar-refractivity contribution in [1.82, 2.24) is 0 Å². The molecule has 0 spiro atoms. The van der Waals surface area contributed by atoms with E-state index in [9.17, 15) is 5.11 Å². The molecule has 16 heavy (non-hydrogen) atoms. The fraction of sp³-hybridized carbons (Fsp3) is 0.500. The van der Waals surface area contributed by atoms with E-state index in [-0.39, 0.29) is 5.75 Å². The molecule has 0 aliphatic rings. The summed E-state index contributed by atoms with van der Waals surface area (Å²) in [5, 5.41) is 10.1. The Morgan fingerprint density at radius 3 is 2.44 bits per heavy atom. The highest BCUT2D eigenvalue weighted by atomic mass is 79.9. The summed E-state index contributed by atoms with van der Waals surface area (Å²) < 4.78 is 6.01. The normalized spacial score (nSPS) is 11.6. The fourth-order valence-electron chi connectivity index (χ4n) is 1.68. The van der Waals surface area contributed by atoms with Gasteiger partial charge in [0.15, 0.2) is 11.5 Å². The third kappa shape index (κ3) is 2.33. The maximum absolute atomic E-state index is 10.1. The second kappa shape index (κ2) is 4.63. The lowest BCUT2D eigenvalue weighted by molar-refractivity contribution is 0.361. The van der Waals surface area contributed by atoms with E-state index < -0.39 is 5.54 Å². The molecular weight excluding hydrogens is 270 g/mol. The van der Waals surface area contributed by atoms with Gasteiger partial charge in [-0.3, -0.25) is 0 Å². The molecule has 4 heteroatoms. The third-order valence-corrected chi connectivity index (χ3v) is 3.43. The summed E-state index contributed by atoms with van der Waals surface area (Å²) in [6.45, 7) is 5.75. The van der Waals surface area contributed by atoms with Crippen molar-refractivity contribution in [3.63, 3.8) is 0 Å². The van der Waals surface area contributed by atoms with Crippen LogP contribution in [0.5, 0.6) is 11.5 Å². The van der Waals surface area contributed by atoms with E-state index in [0.29, 0.717) is 11.3 Å². The van der Waals surface area contributed by atoms with Crippen molar-refractivity contribution >= 4 is 15.9 Å². The van der Waals surface area contributed by atoms with Crippen LogP contribution in [0.1, 0.15) is 31.9 Å². The monoisotopic (exact) mass is 287 g/mol. The van der Waals surface area contributed by atoms with Gasteiger partial charge < -0.3 is 15.6 Å². The summed E-state index contributed by atoms with van der Waals surface area (Å²) in [5.74, 6) is 0.577. The number of aryl methyl sites for hydroxylation is 1. The molecule has 0 aromatic heterocycles. The third-order valence-electron chi connectivity index (χ3n) is 2.52. The number of rotatable bonds is 3. The number of aromatic hydroxyl groups is 1. The standard InChI is InChI=1S/C12H18BrNO2/c1-5-7-6-8(16-4)11(15)9(10(7)13)12(2,3)14/h6,15H,5,14H2,1-4H3. The van der Waals surface area contributed by atoms with Crippen LogP contribution in [-0.2, 0) is 12.0 Å². The first-order chi connectivity index (χ1) is 7.32. The largest absolute Gasteiger partial charge is 0.504 e. The van der Waals surface area contributed by atoms with Crippen LogP contribution in [0.2, 0.25) is 0 Å². The summed E-state index contributed by atoms with van der Waals surface area (Å²) in [4.78, 5) is 0. The lowest BCUT2D eigenvalue weighted by atomic mass is 9.92. The Kier molecular flexibility index (Phi) is 3.86. The van der Waals surface area contributed by atoms with Crippen molar-refractivity contribution < 1.29 is 9.84 Å². The van der Waals surface area contributed by atoms with E-state index in [2.05, 4.69) is 15.9 Å². The fourth-order valence-corrected chi connectivity index (χ4v) is 2.77. The zero-order chi connectivity index (χ0) is 12.5. The van der Waals surface area contributed by atoms with Gasteiger partial charge in [-0.05, 0) is 31.9 Å². The molecule has 0 saturated heterocycles. The van der Waals surface area contributed by atoms with Gasteiger partial charge in [-0.15, -0.1) is 0 Å². The minimum absolute atomic E-state index is 0.110. The average molecular weight is 288 g/mol. The minimum atomic E-state index is -0.624. The maximum Gasteiger partial charge on any atom is 0.163 e. The summed E-state index contributed by atoms with van der Waals surface area (Å²) in [7, 11) is 1.54. The number of hydrogen-bond donors (Lipinski definition) is 2. The van der Waals surface area contributed by atoms with Crippen molar-refractivity contribution in [2.24, 2.45) is 5.73 Å². The molecule has 1 rings (SSSR count). The Bertz CT molecular complexity index is 369. The van der Waals surface area contributed by atoms with Crippen LogP contribution in [0.4, 0.5) is 0 Å². The molecule has 0 fully saturated rings. The Hall–Kier alpha value is -0.740. The quantitative estimate of drug-likeness (QED) is 0.899. The number of hydrogen-bond acceptors (Lipinski definition) is 3. The molecule has 0 bridgehead atoms. The molecule has 0 unspecified atom stereocenters. The predicted molar refractivity (Wildman–Crippen MR) is 69.0 cm³/mol. The topological polar surface area (TPSA) is 55.5 Å².